The number of hydrogen-bond donors (Lipinski definition) is 1. The normalized spacial score (nSPS) is 18.5. The number of esters is 1. The van der Waals surface area contributed by atoms with Gasteiger partial charge in [-0.25, -0.2) is 9.78 Å². The van der Waals surface area contributed by atoms with Crippen LogP contribution in [0.2, 0.25) is 11.5 Å². The molecule has 4 radical (unpaired) electrons. The van der Waals surface area contributed by atoms with Gasteiger partial charge in [-0.3, -0.25) is 4.79 Å². The molecule has 1 aliphatic carbocycles. The number of amides is 1. The van der Waals surface area contributed by atoms with E-state index in [9.17, 15) is 9.59 Å². The second kappa shape index (κ2) is 14.0. The molecule has 3 atom stereocenters. The van der Waals surface area contributed by atoms with Gasteiger partial charge in [0.1, 0.15) is 11.2 Å². The molecule has 2 unspecified atom stereocenters. The first kappa shape index (κ1) is 28.7. The average Bonchev–Trinajstić information content (AvgIpc) is 3.53. The van der Waals surface area contributed by atoms with Gasteiger partial charge in [0, 0.05) is 51.2 Å². The Balaban J connectivity index is 0.00000512. The Morgan fingerprint density at radius 3 is 2.81 bits per heavy atom. The van der Waals surface area contributed by atoms with Crippen molar-refractivity contribution >= 4 is 45.9 Å². The quantitative estimate of drug-likeness (QED) is 0.0914. The molecule has 0 saturated heterocycles. The molecule has 2 rings (SSSR count). The van der Waals surface area contributed by atoms with Gasteiger partial charge >= 0.3 is 5.97 Å². The molecular formula is C21H26B2ClN4O3U-. The van der Waals surface area contributed by atoms with Gasteiger partial charge in [-0.15, -0.1) is 12.5 Å². The number of ether oxygens (including phenoxy) is 1. The summed E-state index contributed by atoms with van der Waals surface area (Å²) in [6, 6.07) is 2.98. The third kappa shape index (κ3) is 8.21. The van der Waals surface area contributed by atoms with Crippen molar-refractivity contribution in [2.24, 2.45) is 16.6 Å². The fourth-order valence-corrected chi connectivity index (χ4v) is 3.74. The van der Waals surface area contributed by atoms with Gasteiger partial charge < -0.3 is 20.4 Å². The van der Waals surface area contributed by atoms with E-state index in [1.54, 1.807) is 6.07 Å². The third-order valence-corrected chi connectivity index (χ3v) is 5.64. The van der Waals surface area contributed by atoms with Crippen molar-refractivity contribution in [2.45, 2.75) is 44.5 Å². The molecule has 1 aromatic rings. The summed E-state index contributed by atoms with van der Waals surface area (Å²) in [6.45, 7) is 2.36. The fourth-order valence-electron chi connectivity index (χ4n) is 3.56. The summed E-state index contributed by atoms with van der Waals surface area (Å²) in [5.41, 5.74) is 8.29. The van der Waals surface area contributed by atoms with Gasteiger partial charge in [-0.05, 0) is 63.7 Å². The van der Waals surface area contributed by atoms with Crippen LogP contribution in [-0.4, -0.2) is 63.9 Å². The Labute approximate surface area is 221 Å². The zero-order chi connectivity index (χ0) is 23.0. The number of aryl methyl sites for hydroxylation is 1. The predicted molar refractivity (Wildman–Crippen MR) is 123 cm³/mol. The maximum absolute atomic E-state index is 12.4. The number of carbonyl (C=O) groups is 2. The van der Waals surface area contributed by atoms with Gasteiger partial charge in [0.2, 0.25) is 6.41 Å². The minimum atomic E-state index is -0.820. The number of aliphatic imine (C=N–C) groups is 1. The molecule has 1 heterocycles. The van der Waals surface area contributed by atoms with Crippen molar-refractivity contribution in [3.63, 3.8) is 0 Å². The molecule has 1 aromatic heterocycles. The summed E-state index contributed by atoms with van der Waals surface area (Å²) in [4.78, 5) is 33.9. The summed E-state index contributed by atoms with van der Waals surface area (Å²) < 4.78 is 4.90. The van der Waals surface area contributed by atoms with Crippen LogP contribution in [0, 0.1) is 49.9 Å². The SMILES string of the molecule is [B]C[C-]([B])/N=C/C(=C\N)CC(C(=O)OC)N(C=O)CC[C@@H]1CC1c1ccc(Cl)nc1C.[U]. The molecular weight excluding hydrogens is 651 g/mol. The Morgan fingerprint density at radius 1 is 1.53 bits per heavy atom. The second-order valence-electron chi connectivity index (χ2n) is 7.48. The van der Waals surface area contributed by atoms with Crippen LogP contribution in [0.15, 0.2) is 28.9 Å². The second-order valence-corrected chi connectivity index (χ2v) is 7.87. The average molecular weight is 678 g/mol. The first-order valence-electron chi connectivity index (χ1n) is 10.0. The van der Waals surface area contributed by atoms with Crippen LogP contribution >= 0.6 is 11.6 Å². The third-order valence-electron chi connectivity index (χ3n) is 5.43. The van der Waals surface area contributed by atoms with Crippen LogP contribution in [0.4, 0.5) is 0 Å². The molecule has 1 saturated carbocycles. The molecule has 1 amide bonds. The molecule has 1 aliphatic rings. The Morgan fingerprint density at radius 2 is 2.25 bits per heavy atom. The van der Waals surface area contributed by atoms with Crippen molar-refractivity contribution in [3.8, 4) is 0 Å². The zero-order valence-electron chi connectivity index (χ0n) is 18.3. The van der Waals surface area contributed by atoms with Crippen LogP contribution in [0.5, 0.6) is 0 Å². The summed E-state index contributed by atoms with van der Waals surface area (Å²) in [7, 11) is 12.3. The van der Waals surface area contributed by atoms with Gasteiger partial charge in [0.25, 0.3) is 0 Å². The first-order chi connectivity index (χ1) is 14.8. The number of nitrogens with two attached hydrogens (primary N) is 1. The van der Waals surface area contributed by atoms with Crippen LogP contribution in [0.25, 0.3) is 0 Å². The van der Waals surface area contributed by atoms with Crippen LogP contribution in [0.3, 0.4) is 0 Å². The number of rotatable bonds is 12. The molecule has 0 spiro atoms. The smallest absolute Gasteiger partial charge is 0.328 e. The van der Waals surface area contributed by atoms with Crippen LogP contribution in [0.1, 0.15) is 36.4 Å². The minimum Gasteiger partial charge on any atom is -0.467 e. The van der Waals surface area contributed by atoms with E-state index in [1.165, 1.54) is 30.0 Å². The van der Waals surface area contributed by atoms with E-state index in [1.807, 2.05) is 13.0 Å². The molecule has 0 aliphatic heterocycles. The topological polar surface area (TPSA) is 97.9 Å². The number of aromatic nitrogens is 1. The van der Waals surface area contributed by atoms with Crippen LogP contribution < -0.4 is 5.73 Å². The van der Waals surface area contributed by atoms with E-state index in [2.05, 4.69) is 9.98 Å². The number of carbonyl (C=O) groups excluding carboxylic acids is 2. The van der Waals surface area contributed by atoms with Crippen LogP contribution in [-0.2, 0) is 14.3 Å². The number of methoxy groups -OCH3 is 1. The van der Waals surface area contributed by atoms with Gasteiger partial charge in [-0.2, -0.15) is 5.94 Å². The first-order valence-corrected chi connectivity index (χ1v) is 10.4. The van der Waals surface area contributed by atoms with Crippen molar-refractivity contribution in [2.75, 3.05) is 13.7 Å². The van der Waals surface area contributed by atoms with Crippen molar-refractivity contribution in [1.82, 2.24) is 9.88 Å². The fraction of sp³-hybridized carbons (Fsp3) is 0.476. The molecule has 0 aromatic carbocycles. The van der Waals surface area contributed by atoms with Gasteiger partial charge in [0.15, 0.2) is 0 Å². The molecule has 2 N–H and O–H groups in total. The molecule has 1 fully saturated rings. The standard InChI is InChI=1S/C21H26B2ClN4O3.U/c1-13-16(3-4-20(24)27-13)17-8-15(17)5-6-28(12-29)18(21(30)31-2)7-14(10-25)11-26-19(23)9-22;/h3-4,10-12,15,17-18H,5-9,25H2,1-2H3;/q-1;/b14-10-,26-11+;/t15-,17?,18?;/m1./s1. The summed E-state index contributed by atoms with van der Waals surface area (Å²) in [5, 5.41) is 0.477. The summed E-state index contributed by atoms with van der Waals surface area (Å²) >= 11 is 5.94. The van der Waals surface area contributed by atoms with E-state index < -0.39 is 12.0 Å². The summed E-state index contributed by atoms with van der Waals surface area (Å²) in [6.07, 6.45) is 5.43. The zero-order valence-corrected chi connectivity index (χ0v) is 23.3. The van der Waals surface area contributed by atoms with Crippen molar-refractivity contribution < 1.29 is 45.4 Å². The molecule has 32 heavy (non-hydrogen) atoms. The number of nitrogens with zero attached hydrogens (tertiary/aromatic N) is 3. The molecule has 7 nitrogen and oxygen atoms in total. The monoisotopic (exact) mass is 677 g/mol. The van der Waals surface area contributed by atoms with E-state index in [4.69, 9.17) is 37.8 Å². The van der Waals surface area contributed by atoms with E-state index >= 15 is 0 Å². The number of halogens is 1. The van der Waals surface area contributed by atoms with Crippen molar-refractivity contribution in [1.29, 1.82) is 0 Å². The molecule has 0 bridgehead atoms. The maximum atomic E-state index is 12.4. The van der Waals surface area contributed by atoms with E-state index in [0.29, 0.717) is 35.5 Å². The minimum absolute atomic E-state index is 0. The molecule has 166 valence electrons. The number of hydrogen-bond acceptors (Lipinski definition) is 6. The van der Waals surface area contributed by atoms with Gasteiger partial charge in [-0.1, -0.05) is 23.2 Å². The van der Waals surface area contributed by atoms with E-state index in [0.717, 1.165) is 18.5 Å². The van der Waals surface area contributed by atoms with E-state index in [-0.39, 0.29) is 49.8 Å². The largest absolute Gasteiger partial charge is 0.467 e. The van der Waals surface area contributed by atoms with Crippen molar-refractivity contribution in [3.05, 3.63) is 46.3 Å². The summed E-state index contributed by atoms with van der Waals surface area (Å²) in [5.74, 6) is 0.498. The predicted octanol–water partition coefficient (Wildman–Crippen LogP) is 2.09. The Kier molecular flexibility index (Phi) is 12.6. The molecule has 11 heteroatoms. The van der Waals surface area contributed by atoms with Gasteiger partial charge in [0.05, 0.1) is 7.11 Å². The maximum Gasteiger partial charge on any atom is 0.328 e. The number of pyridine rings is 1. The Bertz CT molecular complexity index is 843. The Hall–Kier alpha value is -1.36.